The van der Waals surface area contributed by atoms with Crippen LogP contribution in [0.15, 0.2) is 24.5 Å². The predicted octanol–water partition coefficient (Wildman–Crippen LogP) is 4.18. The zero-order valence-corrected chi connectivity index (χ0v) is 21.0. The number of aromatic nitrogens is 4. The van der Waals surface area contributed by atoms with E-state index < -0.39 is 18.0 Å². The van der Waals surface area contributed by atoms with Crippen molar-refractivity contribution in [3.8, 4) is 28.7 Å². The van der Waals surface area contributed by atoms with Crippen LogP contribution < -0.4 is 15.0 Å². The number of nitrogens with zero attached hydrogens (tertiary/aromatic N) is 5. The first-order valence-corrected chi connectivity index (χ1v) is 12.6. The standard InChI is InChI=1S/C25H24F2N6O3S/c1-14-13-36-8-7-33(14)21-10-16(17-9-19(23(26)27)28-12-20(17)35-2)18(11-29-21)24(34)30-25-32-31-22(37-25)6-5-15-3-4-15/h9-12,14-15,23H,3-4,7-8,13H2,1-2H3,(H,30,32,34)/t14-/m1/s1. The van der Waals surface area contributed by atoms with Gasteiger partial charge in [-0.15, -0.1) is 10.2 Å². The van der Waals surface area contributed by atoms with Gasteiger partial charge in [-0.2, -0.15) is 0 Å². The fraction of sp³-hybridized carbons (Fsp3) is 0.400. The molecule has 1 aliphatic heterocycles. The van der Waals surface area contributed by atoms with Gasteiger partial charge in [-0.05, 0) is 37.8 Å². The Balaban J connectivity index is 1.53. The van der Waals surface area contributed by atoms with E-state index in [0.29, 0.717) is 47.6 Å². The molecule has 3 aromatic heterocycles. The number of carbonyl (C=O) groups is 1. The molecule has 2 aliphatic rings. The summed E-state index contributed by atoms with van der Waals surface area (Å²) in [6, 6.07) is 2.98. The Morgan fingerprint density at radius 2 is 2.08 bits per heavy atom. The molecule has 4 heterocycles. The van der Waals surface area contributed by atoms with E-state index in [2.05, 4.69) is 37.3 Å². The highest BCUT2D eigenvalue weighted by atomic mass is 32.1. The third-order valence-corrected chi connectivity index (χ3v) is 6.78. The van der Waals surface area contributed by atoms with Crippen LogP contribution in [-0.2, 0) is 4.74 Å². The lowest BCUT2D eigenvalue weighted by atomic mass is 9.99. The molecule has 0 aromatic carbocycles. The molecule has 192 valence electrons. The van der Waals surface area contributed by atoms with Crippen molar-refractivity contribution in [1.29, 1.82) is 0 Å². The Hall–Kier alpha value is -3.69. The van der Waals surface area contributed by atoms with E-state index in [4.69, 9.17) is 9.47 Å². The number of ether oxygens (including phenoxy) is 2. The van der Waals surface area contributed by atoms with Crippen molar-refractivity contribution in [2.24, 2.45) is 5.92 Å². The predicted molar refractivity (Wildman–Crippen MR) is 134 cm³/mol. The summed E-state index contributed by atoms with van der Waals surface area (Å²) in [4.78, 5) is 23.7. The second-order valence-electron chi connectivity index (χ2n) is 8.73. The molecule has 1 atom stereocenters. The number of anilines is 2. The van der Waals surface area contributed by atoms with Gasteiger partial charge in [0.05, 0.1) is 38.1 Å². The molecule has 1 aliphatic carbocycles. The molecule has 9 nitrogen and oxygen atoms in total. The van der Waals surface area contributed by atoms with Gasteiger partial charge in [-0.3, -0.25) is 15.1 Å². The number of halogens is 2. The molecular formula is C25H24F2N6O3S. The van der Waals surface area contributed by atoms with Gasteiger partial charge in [-0.25, -0.2) is 13.8 Å². The topological polar surface area (TPSA) is 102 Å². The molecular weight excluding hydrogens is 502 g/mol. The first-order chi connectivity index (χ1) is 17.9. The van der Waals surface area contributed by atoms with Crippen molar-refractivity contribution < 1.29 is 23.0 Å². The second kappa shape index (κ2) is 10.7. The minimum absolute atomic E-state index is 0.0429. The van der Waals surface area contributed by atoms with Crippen molar-refractivity contribution >= 4 is 28.2 Å². The number of pyridine rings is 2. The average Bonchev–Trinajstić information content (AvgIpc) is 3.64. The summed E-state index contributed by atoms with van der Waals surface area (Å²) in [6.07, 6.45) is 2.05. The SMILES string of the molecule is COc1cnc(C(F)F)cc1-c1cc(N2CCOC[C@H]2C)ncc1C(=O)Nc1nnc(C#CC2CC2)s1. The second-order valence-corrected chi connectivity index (χ2v) is 9.70. The van der Waals surface area contributed by atoms with Crippen LogP contribution in [0.25, 0.3) is 11.1 Å². The van der Waals surface area contributed by atoms with Gasteiger partial charge in [0, 0.05) is 29.8 Å². The van der Waals surface area contributed by atoms with Gasteiger partial charge in [0.15, 0.2) is 5.01 Å². The number of carbonyl (C=O) groups excluding carboxylic acids is 1. The zero-order chi connectivity index (χ0) is 25.9. The van der Waals surface area contributed by atoms with Gasteiger partial charge in [-0.1, -0.05) is 17.3 Å². The van der Waals surface area contributed by atoms with Crippen molar-refractivity contribution in [2.75, 3.05) is 37.1 Å². The lowest BCUT2D eigenvalue weighted by Gasteiger charge is -2.34. The normalized spacial score (nSPS) is 17.3. The third-order valence-electron chi connectivity index (χ3n) is 6.02. The Morgan fingerprint density at radius 3 is 2.81 bits per heavy atom. The summed E-state index contributed by atoms with van der Waals surface area (Å²) in [7, 11) is 1.42. The minimum Gasteiger partial charge on any atom is -0.494 e. The Labute approximate surface area is 216 Å². The fourth-order valence-electron chi connectivity index (χ4n) is 3.90. The highest BCUT2D eigenvalue weighted by Crippen LogP contribution is 2.37. The monoisotopic (exact) mass is 526 g/mol. The first-order valence-electron chi connectivity index (χ1n) is 11.8. The molecule has 5 rings (SSSR count). The molecule has 0 bridgehead atoms. The van der Waals surface area contributed by atoms with E-state index in [1.165, 1.54) is 25.6 Å². The lowest BCUT2D eigenvalue weighted by Crippen LogP contribution is -2.44. The quantitative estimate of drug-likeness (QED) is 0.478. The van der Waals surface area contributed by atoms with E-state index in [0.717, 1.165) is 24.2 Å². The van der Waals surface area contributed by atoms with Crippen LogP contribution in [0.4, 0.5) is 19.7 Å². The van der Waals surface area contributed by atoms with Gasteiger partial charge in [0.25, 0.3) is 12.3 Å². The van der Waals surface area contributed by atoms with Gasteiger partial charge < -0.3 is 14.4 Å². The molecule has 3 aromatic rings. The zero-order valence-electron chi connectivity index (χ0n) is 20.2. The highest BCUT2D eigenvalue weighted by Gasteiger charge is 2.25. The molecule has 1 N–H and O–H groups in total. The number of nitrogens with one attached hydrogen (secondary N) is 1. The number of alkyl halides is 2. The van der Waals surface area contributed by atoms with Gasteiger partial charge in [0.1, 0.15) is 17.3 Å². The summed E-state index contributed by atoms with van der Waals surface area (Å²) in [5, 5.41) is 11.6. The molecule has 0 spiro atoms. The van der Waals surface area contributed by atoms with Crippen LogP contribution in [-0.4, -0.2) is 59.0 Å². The first kappa shape index (κ1) is 25.0. The summed E-state index contributed by atoms with van der Waals surface area (Å²) in [5.74, 6) is 6.83. The fourth-order valence-corrected chi connectivity index (χ4v) is 4.50. The van der Waals surface area contributed by atoms with E-state index in [9.17, 15) is 13.6 Å². The highest BCUT2D eigenvalue weighted by molar-refractivity contribution is 7.15. The number of hydrogen-bond donors (Lipinski definition) is 1. The molecule has 1 amide bonds. The van der Waals surface area contributed by atoms with E-state index in [1.54, 1.807) is 6.07 Å². The number of amides is 1. The minimum atomic E-state index is -2.79. The summed E-state index contributed by atoms with van der Waals surface area (Å²) >= 11 is 1.16. The Bertz CT molecular complexity index is 1370. The van der Waals surface area contributed by atoms with Crippen LogP contribution in [0.3, 0.4) is 0 Å². The number of morpholine rings is 1. The van der Waals surface area contributed by atoms with Crippen molar-refractivity contribution in [2.45, 2.75) is 32.2 Å². The van der Waals surface area contributed by atoms with Gasteiger partial charge >= 0.3 is 0 Å². The lowest BCUT2D eigenvalue weighted by molar-refractivity contribution is 0.0984. The molecule has 1 saturated heterocycles. The molecule has 2 fully saturated rings. The summed E-state index contributed by atoms with van der Waals surface area (Å²) in [6.45, 7) is 3.66. The van der Waals surface area contributed by atoms with Crippen LogP contribution in [0.5, 0.6) is 5.75 Å². The summed E-state index contributed by atoms with van der Waals surface area (Å²) < 4.78 is 38.0. The summed E-state index contributed by atoms with van der Waals surface area (Å²) in [5.41, 5.74) is 0.412. The van der Waals surface area contributed by atoms with Crippen LogP contribution in [0.2, 0.25) is 0 Å². The maximum atomic E-state index is 13.5. The Kier molecular flexibility index (Phi) is 7.25. The van der Waals surface area contributed by atoms with Crippen LogP contribution in [0.1, 0.15) is 47.3 Å². The van der Waals surface area contributed by atoms with Crippen molar-refractivity contribution in [3.05, 3.63) is 40.8 Å². The van der Waals surface area contributed by atoms with Crippen molar-refractivity contribution in [3.63, 3.8) is 0 Å². The maximum Gasteiger partial charge on any atom is 0.280 e. The smallest absolute Gasteiger partial charge is 0.280 e. The maximum absolute atomic E-state index is 13.5. The van der Waals surface area contributed by atoms with Crippen LogP contribution >= 0.6 is 11.3 Å². The number of rotatable bonds is 6. The van der Waals surface area contributed by atoms with Crippen molar-refractivity contribution in [1.82, 2.24) is 20.2 Å². The number of hydrogen-bond acceptors (Lipinski definition) is 9. The third kappa shape index (κ3) is 5.68. The molecule has 37 heavy (non-hydrogen) atoms. The van der Waals surface area contributed by atoms with E-state index in [-0.39, 0.29) is 22.5 Å². The number of methoxy groups -OCH3 is 1. The molecule has 0 radical (unpaired) electrons. The van der Waals surface area contributed by atoms with E-state index >= 15 is 0 Å². The largest absolute Gasteiger partial charge is 0.494 e. The van der Waals surface area contributed by atoms with Gasteiger partial charge in [0.2, 0.25) is 5.13 Å². The average molecular weight is 527 g/mol. The molecule has 1 saturated carbocycles. The molecule has 0 unspecified atom stereocenters. The van der Waals surface area contributed by atoms with E-state index in [1.807, 2.05) is 11.8 Å². The Morgan fingerprint density at radius 1 is 1.24 bits per heavy atom. The van der Waals surface area contributed by atoms with Crippen LogP contribution in [0, 0.1) is 17.8 Å². The molecule has 12 heteroatoms.